The molecule has 0 radical (unpaired) electrons. The summed E-state index contributed by atoms with van der Waals surface area (Å²) in [5.41, 5.74) is 1.33. The van der Waals surface area contributed by atoms with E-state index in [1.54, 1.807) is 24.3 Å². The first-order chi connectivity index (χ1) is 12.8. The number of amides is 3. The van der Waals surface area contributed by atoms with Gasteiger partial charge >= 0.3 is 5.97 Å². The second-order valence-electron chi connectivity index (χ2n) is 5.68. The van der Waals surface area contributed by atoms with E-state index in [-0.39, 0.29) is 31.6 Å². The van der Waals surface area contributed by atoms with Crippen LogP contribution < -0.4 is 10.0 Å². The molecule has 3 amide bonds. The van der Waals surface area contributed by atoms with Crippen LogP contribution in [0, 0.1) is 0 Å². The lowest BCUT2D eigenvalue weighted by Gasteiger charge is -2.12. The highest BCUT2D eigenvalue weighted by molar-refractivity contribution is 7.80. The highest BCUT2D eigenvalue weighted by Crippen LogP contribution is 2.13. The molecule has 1 saturated heterocycles. The molecule has 0 bridgehead atoms. The molecule has 2 N–H and O–H groups in total. The van der Waals surface area contributed by atoms with Crippen LogP contribution in [0.15, 0.2) is 24.3 Å². The number of anilines is 1. The number of imide groups is 1. The maximum absolute atomic E-state index is 11.7. The van der Waals surface area contributed by atoms with Gasteiger partial charge in [-0.2, -0.15) is 0 Å². The second kappa shape index (κ2) is 9.78. The van der Waals surface area contributed by atoms with Gasteiger partial charge in [0, 0.05) is 42.8 Å². The average Bonchev–Trinajstić information content (AvgIpc) is 2.93. The molecule has 1 atom stereocenters. The summed E-state index contributed by atoms with van der Waals surface area (Å²) in [6.45, 7) is 0.331. The zero-order valence-electron chi connectivity index (χ0n) is 14.3. The minimum atomic E-state index is -2.38. The fourth-order valence-corrected chi connectivity index (χ4v) is 2.62. The van der Waals surface area contributed by atoms with Crippen molar-refractivity contribution >= 4 is 40.6 Å². The normalized spacial score (nSPS) is 14.8. The van der Waals surface area contributed by atoms with Gasteiger partial charge in [0.1, 0.15) is 0 Å². The van der Waals surface area contributed by atoms with E-state index in [4.69, 9.17) is 0 Å². The Bertz CT molecular complexity index is 735. The highest BCUT2D eigenvalue weighted by atomic mass is 32.2. The molecule has 0 aliphatic carbocycles. The second-order valence-corrected chi connectivity index (χ2v) is 6.35. The third kappa shape index (κ3) is 6.79. The number of hydrogen-bond acceptors (Lipinski definition) is 7. The van der Waals surface area contributed by atoms with Crippen molar-refractivity contribution < 1.29 is 32.8 Å². The van der Waals surface area contributed by atoms with Gasteiger partial charge in [-0.15, -0.1) is 5.06 Å². The topological polar surface area (TPSA) is 145 Å². The Morgan fingerprint density at radius 3 is 2.33 bits per heavy atom. The van der Waals surface area contributed by atoms with Gasteiger partial charge in [-0.05, 0) is 24.1 Å². The van der Waals surface area contributed by atoms with E-state index in [1.807, 2.05) is 0 Å². The summed E-state index contributed by atoms with van der Waals surface area (Å²) in [7, 11) is 0. The van der Waals surface area contributed by atoms with Crippen LogP contribution in [-0.4, -0.2) is 44.1 Å². The molecule has 1 unspecified atom stereocenters. The van der Waals surface area contributed by atoms with Crippen LogP contribution >= 0.6 is 0 Å². The molecule has 1 aromatic carbocycles. The highest BCUT2D eigenvalue weighted by Gasteiger charge is 2.32. The Morgan fingerprint density at radius 1 is 1.11 bits per heavy atom. The molecule has 2 rings (SSSR count). The van der Waals surface area contributed by atoms with E-state index in [9.17, 15) is 27.9 Å². The van der Waals surface area contributed by atoms with Gasteiger partial charge in [-0.1, -0.05) is 12.1 Å². The molecular formula is C16H18N3O7S-. The average molecular weight is 396 g/mol. The lowest BCUT2D eigenvalue weighted by atomic mass is 10.1. The van der Waals surface area contributed by atoms with Crippen LogP contribution in [-0.2, 0) is 41.7 Å². The Kier molecular flexibility index (Phi) is 7.44. The molecule has 27 heavy (non-hydrogen) atoms. The van der Waals surface area contributed by atoms with E-state index in [0.717, 1.165) is 5.56 Å². The number of carbonyl (C=O) groups excluding carboxylic acids is 4. The van der Waals surface area contributed by atoms with Gasteiger partial charge in [0.2, 0.25) is 5.91 Å². The lowest BCUT2D eigenvalue weighted by Crippen LogP contribution is -2.32. The summed E-state index contributed by atoms with van der Waals surface area (Å²) >= 11 is -2.38. The molecule has 1 heterocycles. The van der Waals surface area contributed by atoms with Crippen LogP contribution in [0.3, 0.4) is 0 Å². The number of benzene rings is 1. The van der Waals surface area contributed by atoms with Crippen LogP contribution in [0.4, 0.5) is 5.69 Å². The van der Waals surface area contributed by atoms with E-state index >= 15 is 0 Å². The third-order valence-electron chi connectivity index (χ3n) is 3.65. The van der Waals surface area contributed by atoms with Crippen molar-refractivity contribution in [1.29, 1.82) is 0 Å². The summed E-state index contributed by atoms with van der Waals surface area (Å²) in [4.78, 5) is 50.6. The quantitative estimate of drug-likeness (QED) is 0.439. The molecular weight excluding hydrogens is 378 g/mol. The molecule has 0 aromatic heterocycles. The molecule has 146 valence electrons. The maximum Gasteiger partial charge on any atom is 0.333 e. The zero-order valence-corrected chi connectivity index (χ0v) is 15.1. The first-order valence-electron chi connectivity index (χ1n) is 8.13. The van der Waals surface area contributed by atoms with E-state index < -0.39 is 29.1 Å². The molecule has 0 spiro atoms. The summed E-state index contributed by atoms with van der Waals surface area (Å²) in [6, 6.07) is 6.65. The minimum absolute atomic E-state index is 0.0123. The smallest absolute Gasteiger partial charge is 0.333 e. The molecule has 10 nitrogen and oxygen atoms in total. The SMILES string of the molecule is O=C(CCC(=O)ON1C(=O)CCC1=O)NCCc1ccc(NS(=O)[O-])cc1. The van der Waals surface area contributed by atoms with Gasteiger partial charge in [-0.25, -0.2) is 4.79 Å². The molecule has 11 heteroatoms. The summed E-state index contributed by atoms with van der Waals surface area (Å²) in [6.07, 6.45) is 0.160. The maximum atomic E-state index is 11.7. The fraction of sp³-hybridized carbons (Fsp3) is 0.375. The Balaban J connectivity index is 1.64. The first kappa shape index (κ1) is 20.5. The predicted octanol–water partition coefficient (Wildman–Crippen LogP) is -0.0613. The number of nitrogens with zero attached hydrogens (tertiary/aromatic N) is 1. The van der Waals surface area contributed by atoms with Crippen molar-refractivity contribution in [3.05, 3.63) is 29.8 Å². The van der Waals surface area contributed by atoms with Gasteiger partial charge in [0.15, 0.2) is 0 Å². The van der Waals surface area contributed by atoms with Gasteiger partial charge in [0.25, 0.3) is 11.8 Å². The van der Waals surface area contributed by atoms with E-state index in [2.05, 4.69) is 14.9 Å². The molecule has 1 aliphatic heterocycles. The lowest BCUT2D eigenvalue weighted by molar-refractivity contribution is -0.197. The molecule has 0 saturated carbocycles. The summed E-state index contributed by atoms with van der Waals surface area (Å²) in [5, 5.41) is 3.08. The van der Waals surface area contributed by atoms with Crippen molar-refractivity contribution in [1.82, 2.24) is 10.4 Å². The number of carbonyl (C=O) groups is 4. The monoisotopic (exact) mass is 396 g/mol. The van der Waals surface area contributed by atoms with Gasteiger partial charge < -0.3 is 19.4 Å². The van der Waals surface area contributed by atoms with Crippen molar-refractivity contribution in [2.24, 2.45) is 0 Å². The van der Waals surface area contributed by atoms with Gasteiger partial charge in [0.05, 0.1) is 6.42 Å². The molecule has 1 aliphatic rings. The van der Waals surface area contributed by atoms with Gasteiger partial charge in [-0.3, -0.25) is 18.6 Å². The Morgan fingerprint density at radius 2 is 1.74 bits per heavy atom. The van der Waals surface area contributed by atoms with Crippen molar-refractivity contribution in [3.63, 3.8) is 0 Å². The number of hydroxylamine groups is 2. The summed E-state index contributed by atoms with van der Waals surface area (Å²) in [5.74, 6) is -2.33. The van der Waals surface area contributed by atoms with Crippen LogP contribution in [0.1, 0.15) is 31.2 Å². The minimum Gasteiger partial charge on any atom is -0.755 e. The van der Waals surface area contributed by atoms with Crippen LogP contribution in [0.5, 0.6) is 0 Å². The van der Waals surface area contributed by atoms with Crippen LogP contribution in [0.2, 0.25) is 0 Å². The van der Waals surface area contributed by atoms with Crippen molar-refractivity contribution in [3.8, 4) is 0 Å². The van der Waals surface area contributed by atoms with Crippen molar-refractivity contribution in [2.45, 2.75) is 32.1 Å². The first-order valence-corrected chi connectivity index (χ1v) is 9.21. The molecule has 1 aromatic rings. The van der Waals surface area contributed by atoms with Crippen molar-refractivity contribution in [2.75, 3.05) is 11.3 Å². The number of nitrogens with one attached hydrogen (secondary N) is 2. The Labute approximate surface area is 157 Å². The molecule has 1 fully saturated rings. The summed E-state index contributed by atoms with van der Waals surface area (Å²) < 4.78 is 23.2. The third-order valence-corrected chi connectivity index (χ3v) is 4.05. The largest absolute Gasteiger partial charge is 0.755 e. The van der Waals surface area contributed by atoms with E-state index in [1.165, 1.54) is 0 Å². The fourth-order valence-electron chi connectivity index (χ4n) is 2.29. The van der Waals surface area contributed by atoms with Crippen LogP contribution in [0.25, 0.3) is 0 Å². The number of hydrogen-bond donors (Lipinski definition) is 2. The number of rotatable bonds is 9. The van der Waals surface area contributed by atoms with E-state index in [0.29, 0.717) is 23.7 Å². The Hall–Kier alpha value is -2.79. The zero-order chi connectivity index (χ0) is 19.8. The standard InChI is InChI=1S/C16H19N3O7S/c20-13(5-8-16(23)26-19-14(21)6-7-15(19)22)17-10-9-11-1-3-12(4-2-11)18-27(24)25/h1-4,18H,5-10H2,(H,17,20)(H,24,25)/p-1. The predicted molar refractivity (Wildman–Crippen MR) is 92.1 cm³/mol.